The quantitative estimate of drug-likeness (QED) is 0.778. The highest BCUT2D eigenvalue weighted by molar-refractivity contribution is 5.72. The van der Waals surface area contributed by atoms with E-state index < -0.39 is 0 Å². The van der Waals surface area contributed by atoms with Crippen molar-refractivity contribution < 1.29 is 14.6 Å². The van der Waals surface area contributed by atoms with Crippen LogP contribution in [-0.4, -0.2) is 48.3 Å². The molecule has 0 bridgehead atoms. The van der Waals surface area contributed by atoms with Crippen LogP contribution in [0.1, 0.15) is 40.5 Å². The van der Waals surface area contributed by atoms with E-state index in [4.69, 9.17) is 4.74 Å². The standard InChI is InChI=1S/C14H27NO3/c1-5-18-13(17)11-6-8-15(9-7-11)10-12(16)14(2,3)4/h11-12,16H,5-10H2,1-4H3. The van der Waals surface area contributed by atoms with Gasteiger partial charge in [0.25, 0.3) is 0 Å². The lowest BCUT2D eigenvalue weighted by molar-refractivity contribution is -0.149. The largest absolute Gasteiger partial charge is 0.466 e. The summed E-state index contributed by atoms with van der Waals surface area (Å²) in [5, 5.41) is 10.1. The van der Waals surface area contributed by atoms with E-state index in [1.54, 1.807) is 0 Å². The van der Waals surface area contributed by atoms with Crippen LogP contribution in [0.2, 0.25) is 0 Å². The van der Waals surface area contributed by atoms with Crippen molar-refractivity contribution in [1.82, 2.24) is 4.90 Å². The predicted molar refractivity (Wildman–Crippen MR) is 71.3 cm³/mol. The summed E-state index contributed by atoms with van der Waals surface area (Å²) in [6.07, 6.45) is 1.36. The second kappa shape index (κ2) is 6.53. The number of ether oxygens (including phenoxy) is 1. The first kappa shape index (κ1) is 15.4. The minimum absolute atomic E-state index is 0.0491. The molecule has 0 aromatic carbocycles. The SMILES string of the molecule is CCOC(=O)C1CCN(CC(O)C(C)(C)C)CC1. The highest BCUT2D eigenvalue weighted by Crippen LogP contribution is 2.23. The van der Waals surface area contributed by atoms with Gasteiger partial charge in [0, 0.05) is 6.54 Å². The molecule has 1 atom stereocenters. The molecule has 0 aromatic heterocycles. The molecule has 18 heavy (non-hydrogen) atoms. The molecule has 1 fully saturated rings. The Labute approximate surface area is 110 Å². The van der Waals surface area contributed by atoms with Gasteiger partial charge in [0.2, 0.25) is 0 Å². The Bertz CT molecular complexity index is 265. The Kier molecular flexibility index (Phi) is 5.60. The Hall–Kier alpha value is -0.610. The highest BCUT2D eigenvalue weighted by atomic mass is 16.5. The molecular weight excluding hydrogens is 230 g/mol. The lowest BCUT2D eigenvalue weighted by Crippen LogP contribution is -2.44. The van der Waals surface area contributed by atoms with E-state index in [0.29, 0.717) is 13.2 Å². The average molecular weight is 257 g/mol. The molecule has 1 unspecified atom stereocenters. The van der Waals surface area contributed by atoms with Gasteiger partial charge in [-0.15, -0.1) is 0 Å². The summed E-state index contributed by atoms with van der Waals surface area (Å²) in [7, 11) is 0. The molecule has 0 saturated carbocycles. The summed E-state index contributed by atoms with van der Waals surface area (Å²) in [6, 6.07) is 0. The fraction of sp³-hybridized carbons (Fsp3) is 0.929. The molecule has 106 valence electrons. The first-order valence-corrected chi connectivity index (χ1v) is 6.91. The van der Waals surface area contributed by atoms with Gasteiger partial charge in [-0.25, -0.2) is 0 Å². The number of nitrogens with zero attached hydrogens (tertiary/aromatic N) is 1. The van der Waals surface area contributed by atoms with Crippen LogP contribution in [0, 0.1) is 11.3 Å². The summed E-state index contributed by atoms with van der Waals surface area (Å²) in [6.45, 7) is 10.9. The number of carbonyl (C=O) groups excluding carboxylic acids is 1. The van der Waals surface area contributed by atoms with E-state index in [1.807, 2.05) is 27.7 Å². The van der Waals surface area contributed by atoms with Gasteiger partial charge < -0.3 is 14.7 Å². The van der Waals surface area contributed by atoms with E-state index in [9.17, 15) is 9.90 Å². The van der Waals surface area contributed by atoms with Gasteiger partial charge in [-0.1, -0.05) is 20.8 Å². The zero-order valence-corrected chi connectivity index (χ0v) is 12.1. The van der Waals surface area contributed by atoms with E-state index in [0.717, 1.165) is 25.9 Å². The molecule has 0 amide bonds. The van der Waals surface area contributed by atoms with Crippen molar-refractivity contribution in [2.75, 3.05) is 26.2 Å². The third-order valence-electron chi connectivity index (χ3n) is 3.64. The van der Waals surface area contributed by atoms with E-state index in [2.05, 4.69) is 4.90 Å². The monoisotopic (exact) mass is 257 g/mol. The topological polar surface area (TPSA) is 49.8 Å². The number of esters is 1. The van der Waals surface area contributed by atoms with Crippen LogP contribution in [0.25, 0.3) is 0 Å². The summed E-state index contributed by atoms with van der Waals surface area (Å²) >= 11 is 0. The molecule has 1 aliphatic heterocycles. The Morgan fingerprint density at radius 3 is 2.39 bits per heavy atom. The maximum absolute atomic E-state index is 11.6. The maximum Gasteiger partial charge on any atom is 0.309 e. The molecule has 4 heteroatoms. The number of aliphatic hydroxyl groups excluding tert-OH is 1. The molecule has 0 aromatic rings. The van der Waals surface area contributed by atoms with Crippen LogP contribution in [0.3, 0.4) is 0 Å². The summed E-state index contributed by atoms with van der Waals surface area (Å²) in [5.41, 5.74) is -0.0853. The number of hydrogen-bond acceptors (Lipinski definition) is 4. The summed E-state index contributed by atoms with van der Waals surface area (Å²) < 4.78 is 5.05. The van der Waals surface area contributed by atoms with Crippen molar-refractivity contribution in [3.05, 3.63) is 0 Å². The second-order valence-electron chi connectivity index (χ2n) is 6.21. The van der Waals surface area contributed by atoms with E-state index >= 15 is 0 Å². The molecule has 0 radical (unpaired) electrons. The van der Waals surface area contributed by atoms with Crippen molar-refractivity contribution in [2.24, 2.45) is 11.3 Å². The number of β-amino-alcohol motifs (C(OH)–C–C–N with tert-alkyl or cyclic N) is 1. The van der Waals surface area contributed by atoms with Crippen LogP contribution in [-0.2, 0) is 9.53 Å². The first-order valence-electron chi connectivity index (χ1n) is 6.91. The number of hydrogen-bond donors (Lipinski definition) is 1. The number of aliphatic hydroxyl groups is 1. The molecule has 1 rings (SSSR count). The van der Waals surface area contributed by atoms with Crippen molar-refractivity contribution in [3.63, 3.8) is 0 Å². The highest BCUT2D eigenvalue weighted by Gasteiger charge is 2.29. The summed E-state index contributed by atoms with van der Waals surface area (Å²) in [5.74, 6) is -0.0125. The van der Waals surface area contributed by atoms with Crippen LogP contribution in [0.4, 0.5) is 0 Å². The van der Waals surface area contributed by atoms with E-state index in [1.165, 1.54) is 0 Å². The van der Waals surface area contributed by atoms with Gasteiger partial charge in [0.15, 0.2) is 0 Å². The fourth-order valence-electron chi connectivity index (χ4n) is 2.13. The van der Waals surface area contributed by atoms with Gasteiger partial charge in [-0.3, -0.25) is 4.79 Å². The van der Waals surface area contributed by atoms with Gasteiger partial charge in [0.05, 0.1) is 18.6 Å². The van der Waals surface area contributed by atoms with Crippen molar-refractivity contribution >= 4 is 5.97 Å². The van der Waals surface area contributed by atoms with Crippen LogP contribution in [0.5, 0.6) is 0 Å². The molecule has 1 aliphatic rings. The van der Waals surface area contributed by atoms with Gasteiger partial charge >= 0.3 is 5.97 Å². The number of carbonyl (C=O) groups is 1. The lowest BCUT2D eigenvalue weighted by Gasteiger charge is -2.35. The summed E-state index contributed by atoms with van der Waals surface area (Å²) in [4.78, 5) is 13.8. The zero-order chi connectivity index (χ0) is 13.8. The zero-order valence-electron chi connectivity index (χ0n) is 12.1. The third-order valence-corrected chi connectivity index (χ3v) is 3.64. The molecule has 0 spiro atoms. The Balaban J connectivity index is 2.33. The minimum Gasteiger partial charge on any atom is -0.466 e. The molecule has 0 aliphatic carbocycles. The van der Waals surface area contributed by atoms with Crippen LogP contribution < -0.4 is 0 Å². The van der Waals surface area contributed by atoms with E-state index in [-0.39, 0.29) is 23.4 Å². The predicted octanol–water partition coefficient (Wildman–Crippen LogP) is 1.67. The van der Waals surface area contributed by atoms with Crippen molar-refractivity contribution in [3.8, 4) is 0 Å². The number of likely N-dealkylation sites (tertiary alicyclic amines) is 1. The van der Waals surface area contributed by atoms with Gasteiger partial charge in [0.1, 0.15) is 0 Å². The third kappa shape index (κ3) is 4.58. The van der Waals surface area contributed by atoms with Gasteiger partial charge in [-0.2, -0.15) is 0 Å². The molecule has 4 nitrogen and oxygen atoms in total. The second-order valence-corrected chi connectivity index (χ2v) is 6.21. The Morgan fingerprint density at radius 1 is 1.39 bits per heavy atom. The average Bonchev–Trinajstić information content (AvgIpc) is 2.29. The van der Waals surface area contributed by atoms with Crippen molar-refractivity contribution in [1.29, 1.82) is 0 Å². The number of rotatable bonds is 4. The molecule has 1 heterocycles. The molecule has 1 saturated heterocycles. The number of piperidine rings is 1. The molecule has 1 N–H and O–H groups in total. The molecular formula is C14H27NO3. The van der Waals surface area contributed by atoms with Crippen LogP contribution in [0.15, 0.2) is 0 Å². The normalized spacial score (nSPS) is 20.7. The smallest absolute Gasteiger partial charge is 0.309 e. The Morgan fingerprint density at radius 2 is 1.94 bits per heavy atom. The van der Waals surface area contributed by atoms with Crippen molar-refractivity contribution in [2.45, 2.75) is 46.6 Å². The van der Waals surface area contributed by atoms with Crippen LogP contribution >= 0.6 is 0 Å². The maximum atomic E-state index is 11.6. The lowest BCUT2D eigenvalue weighted by atomic mass is 9.88. The minimum atomic E-state index is -0.323. The first-order chi connectivity index (χ1) is 8.34. The fourth-order valence-corrected chi connectivity index (χ4v) is 2.13. The van der Waals surface area contributed by atoms with Gasteiger partial charge in [-0.05, 0) is 38.3 Å².